The van der Waals surface area contributed by atoms with Crippen LogP contribution in [0.1, 0.15) is 25.3 Å². The summed E-state index contributed by atoms with van der Waals surface area (Å²) in [6.07, 6.45) is 3.46. The summed E-state index contributed by atoms with van der Waals surface area (Å²) in [7, 11) is 0. The normalized spacial score (nSPS) is 11.6. The molecule has 5 nitrogen and oxygen atoms in total. The highest BCUT2D eigenvalue weighted by Crippen LogP contribution is 2.40. The SMILES string of the molecule is CCCCc1cccc(-n2c3ccccc3c3cc4c(cc32)c2ccccc2n4-c2cccc(-c3nc(-c4ccccc4)nc(-c4ccccc4)n3)c2)c1. The summed E-state index contributed by atoms with van der Waals surface area (Å²) >= 11 is 0. The van der Waals surface area contributed by atoms with Crippen LogP contribution in [0, 0.1) is 0 Å². The maximum atomic E-state index is 5.04. The van der Waals surface area contributed by atoms with Gasteiger partial charge in [0.25, 0.3) is 0 Å². The van der Waals surface area contributed by atoms with Gasteiger partial charge in [-0.2, -0.15) is 0 Å². The van der Waals surface area contributed by atoms with E-state index in [1.54, 1.807) is 0 Å². The van der Waals surface area contributed by atoms with E-state index in [2.05, 4.69) is 125 Å². The number of hydrogen-bond acceptors (Lipinski definition) is 3. The molecule has 0 aliphatic heterocycles. The van der Waals surface area contributed by atoms with Gasteiger partial charge in [-0.25, -0.2) is 15.0 Å². The van der Waals surface area contributed by atoms with Crippen molar-refractivity contribution in [3.8, 4) is 45.5 Å². The van der Waals surface area contributed by atoms with E-state index in [9.17, 15) is 0 Å². The fourth-order valence-corrected chi connectivity index (χ4v) is 7.94. The molecule has 258 valence electrons. The van der Waals surface area contributed by atoms with Gasteiger partial charge in [-0.3, -0.25) is 0 Å². The van der Waals surface area contributed by atoms with Gasteiger partial charge < -0.3 is 9.13 Å². The molecule has 10 aromatic rings. The first-order valence-electron chi connectivity index (χ1n) is 18.8. The fraction of sp³-hybridized carbons (Fsp3) is 0.0816. The van der Waals surface area contributed by atoms with Crippen LogP contribution in [0.4, 0.5) is 0 Å². The topological polar surface area (TPSA) is 48.5 Å². The molecule has 0 bridgehead atoms. The summed E-state index contributed by atoms with van der Waals surface area (Å²) in [6, 6.07) is 60.3. The third-order valence-corrected chi connectivity index (χ3v) is 10.5. The van der Waals surface area contributed by atoms with E-state index >= 15 is 0 Å². The molecule has 0 radical (unpaired) electrons. The van der Waals surface area contributed by atoms with Gasteiger partial charge in [0.15, 0.2) is 17.5 Å². The quantitative estimate of drug-likeness (QED) is 0.159. The van der Waals surface area contributed by atoms with Gasteiger partial charge in [-0.05, 0) is 66.9 Å². The highest BCUT2D eigenvalue weighted by molar-refractivity contribution is 6.19. The average molecular weight is 696 g/mol. The van der Waals surface area contributed by atoms with Crippen molar-refractivity contribution in [3.63, 3.8) is 0 Å². The van der Waals surface area contributed by atoms with Crippen molar-refractivity contribution in [2.75, 3.05) is 0 Å². The molecule has 0 aliphatic rings. The monoisotopic (exact) mass is 695 g/mol. The van der Waals surface area contributed by atoms with Gasteiger partial charge in [0.05, 0.1) is 22.1 Å². The maximum Gasteiger partial charge on any atom is 0.164 e. The smallest absolute Gasteiger partial charge is 0.164 e. The zero-order valence-electron chi connectivity index (χ0n) is 30.0. The molecule has 0 amide bonds. The van der Waals surface area contributed by atoms with Crippen molar-refractivity contribution >= 4 is 43.6 Å². The molecule has 0 atom stereocenters. The lowest BCUT2D eigenvalue weighted by Crippen LogP contribution is -2.01. The molecule has 54 heavy (non-hydrogen) atoms. The Kier molecular flexibility index (Phi) is 7.84. The number of nitrogens with zero attached hydrogens (tertiary/aromatic N) is 5. The summed E-state index contributed by atoms with van der Waals surface area (Å²) in [6.45, 7) is 2.26. The lowest BCUT2D eigenvalue weighted by molar-refractivity contribution is 0.794. The van der Waals surface area contributed by atoms with E-state index in [-0.39, 0.29) is 0 Å². The second-order valence-electron chi connectivity index (χ2n) is 14.0. The van der Waals surface area contributed by atoms with Crippen LogP contribution in [0.5, 0.6) is 0 Å². The van der Waals surface area contributed by atoms with E-state index in [1.807, 2.05) is 60.7 Å². The Morgan fingerprint density at radius 2 is 0.852 bits per heavy atom. The Hall–Kier alpha value is -6.85. The molecule has 0 spiro atoms. The molecule has 0 saturated carbocycles. The fourth-order valence-electron chi connectivity index (χ4n) is 7.94. The first-order valence-corrected chi connectivity index (χ1v) is 18.8. The van der Waals surface area contributed by atoms with E-state index < -0.39 is 0 Å². The third kappa shape index (κ3) is 5.44. The number of benzene rings is 7. The van der Waals surface area contributed by atoms with Crippen molar-refractivity contribution < 1.29 is 0 Å². The standard InChI is InChI=1S/C49H37N5/c1-2-3-16-33-17-14-23-37(29-33)53-43-27-12-10-25-39(43)41-32-46-42(31-45(41)53)40-26-11-13-28-44(40)54(46)38-24-15-22-36(30-38)49-51-47(34-18-6-4-7-19-34)50-48(52-49)35-20-8-5-9-21-35/h4-15,17-32H,2-3,16H2,1H3. The Morgan fingerprint density at radius 3 is 1.41 bits per heavy atom. The maximum absolute atomic E-state index is 5.04. The second-order valence-corrected chi connectivity index (χ2v) is 14.0. The molecule has 5 heteroatoms. The predicted octanol–water partition coefficient (Wildman–Crippen LogP) is 12.4. The first kappa shape index (κ1) is 31.9. The number of aromatic nitrogens is 5. The van der Waals surface area contributed by atoms with Crippen molar-refractivity contribution in [2.24, 2.45) is 0 Å². The lowest BCUT2D eigenvalue weighted by atomic mass is 10.1. The van der Waals surface area contributed by atoms with Gasteiger partial charge in [0, 0.05) is 49.6 Å². The molecule has 0 fully saturated rings. The summed E-state index contributed by atoms with van der Waals surface area (Å²) in [4.78, 5) is 15.0. The number of aryl methyl sites for hydroxylation is 1. The van der Waals surface area contributed by atoms with Gasteiger partial charge in [-0.15, -0.1) is 0 Å². The van der Waals surface area contributed by atoms with Crippen LogP contribution in [0.25, 0.3) is 89.2 Å². The van der Waals surface area contributed by atoms with Crippen LogP contribution >= 0.6 is 0 Å². The summed E-state index contributed by atoms with van der Waals surface area (Å²) in [5.74, 6) is 1.93. The minimum Gasteiger partial charge on any atom is -0.309 e. The Morgan fingerprint density at radius 1 is 0.389 bits per heavy atom. The van der Waals surface area contributed by atoms with E-state index in [4.69, 9.17) is 15.0 Å². The summed E-state index contributed by atoms with van der Waals surface area (Å²) in [5.41, 5.74) is 11.2. The molecule has 10 rings (SSSR count). The van der Waals surface area contributed by atoms with Crippen LogP contribution in [-0.2, 0) is 6.42 Å². The Balaban J connectivity index is 1.18. The number of rotatable bonds is 8. The average Bonchev–Trinajstić information content (AvgIpc) is 3.74. The first-order chi connectivity index (χ1) is 26.7. The van der Waals surface area contributed by atoms with Gasteiger partial charge in [0.2, 0.25) is 0 Å². The van der Waals surface area contributed by atoms with Gasteiger partial charge in [-0.1, -0.05) is 135 Å². The third-order valence-electron chi connectivity index (χ3n) is 10.5. The van der Waals surface area contributed by atoms with Crippen LogP contribution in [0.3, 0.4) is 0 Å². The Bertz CT molecular complexity index is 2920. The largest absolute Gasteiger partial charge is 0.309 e. The van der Waals surface area contributed by atoms with Crippen molar-refractivity contribution in [2.45, 2.75) is 26.2 Å². The Labute approximate surface area is 313 Å². The summed E-state index contributed by atoms with van der Waals surface area (Å²) < 4.78 is 4.84. The van der Waals surface area contributed by atoms with Crippen molar-refractivity contribution in [1.82, 2.24) is 24.1 Å². The van der Waals surface area contributed by atoms with Crippen molar-refractivity contribution in [1.29, 1.82) is 0 Å². The lowest BCUT2D eigenvalue weighted by Gasteiger charge is -2.12. The number of hydrogen-bond donors (Lipinski definition) is 0. The molecule has 7 aromatic carbocycles. The van der Waals surface area contributed by atoms with Crippen LogP contribution < -0.4 is 0 Å². The van der Waals surface area contributed by atoms with E-state index in [0.29, 0.717) is 17.5 Å². The second kappa shape index (κ2) is 13.3. The molecular weight excluding hydrogens is 659 g/mol. The molecule has 0 saturated heterocycles. The van der Waals surface area contributed by atoms with Crippen LogP contribution in [0.2, 0.25) is 0 Å². The molecule has 0 aliphatic carbocycles. The molecule has 0 N–H and O–H groups in total. The van der Waals surface area contributed by atoms with Crippen LogP contribution in [0.15, 0.2) is 170 Å². The zero-order valence-corrected chi connectivity index (χ0v) is 30.0. The van der Waals surface area contributed by atoms with Gasteiger partial charge >= 0.3 is 0 Å². The minimum atomic E-state index is 0.636. The van der Waals surface area contributed by atoms with Gasteiger partial charge in [0.1, 0.15) is 0 Å². The zero-order chi connectivity index (χ0) is 36.0. The minimum absolute atomic E-state index is 0.636. The number of fused-ring (bicyclic) bond motifs is 6. The van der Waals surface area contributed by atoms with E-state index in [0.717, 1.165) is 39.8 Å². The van der Waals surface area contributed by atoms with Crippen molar-refractivity contribution in [3.05, 3.63) is 175 Å². The highest BCUT2D eigenvalue weighted by Gasteiger charge is 2.19. The molecule has 3 aromatic heterocycles. The predicted molar refractivity (Wildman–Crippen MR) is 223 cm³/mol. The summed E-state index contributed by atoms with van der Waals surface area (Å²) in [5, 5.41) is 4.90. The molecular formula is C49H37N5. The van der Waals surface area contributed by atoms with Crippen LogP contribution in [-0.4, -0.2) is 24.1 Å². The number of unbranched alkanes of at least 4 members (excludes halogenated alkanes) is 1. The molecule has 0 unspecified atom stereocenters. The highest BCUT2D eigenvalue weighted by atomic mass is 15.0. The molecule has 3 heterocycles. The van der Waals surface area contributed by atoms with E-state index in [1.165, 1.54) is 56.7 Å². The number of para-hydroxylation sites is 2.